The van der Waals surface area contributed by atoms with E-state index in [1.54, 1.807) is 6.07 Å². The van der Waals surface area contributed by atoms with Crippen LogP contribution in [0.15, 0.2) is 16.0 Å². The number of hydrogen-bond acceptors (Lipinski definition) is 5. The Bertz CT molecular complexity index is 678. The first-order chi connectivity index (χ1) is 9.52. The predicted octanol–water partition coefficient (Wildman–Crippen LogP) is 3.32. The molecule has 0 aromatic carbocycles. The Morgan fingerprint density at radius 3 is 2.90 bits per heavy atom. The summed E-state index contributed by atoms with van der Waals surface area (Å²) in [6, 6.07) is 1.56. The van der Waals surface area contributed by atoms with Crippen LogP contribution in [0.3, 0.4) is 0 Å². The van der Waals surface area contributed by atoms with Gasteiger partial charge in [0.2, 0.25) is 0 Å². The van der Waals surface area contributed by atoms with E-state index in [-0.39, 0.29) is 17.2 Å². The molecule has 2 aromatic rings. The molecule has 2 aromatic heterocycles. The van der Waals surface area contributed by atoms with Gasteiger partial charge in [-0.2, -0.15) is 0 Å². The monoisotopic (exact) mass is 351 g/mol. The Kier molecular flexibility index (Phi) is 5.31. The van der Waals surface area contributed by atoms with Crippen molar-refractivity contribution in [2.45, 2.75) is 25.0 Å². The molecule has 0 atom stereocenters. The number of nitrogens with one attached hydrogen (secondary N) is 1. The Balaban J connectivity index is 2.07. The highest BCUT2D eigenvalue weighted by Gasteiger charge is 2.16. The number of Topliss-reactive ketones (excluding diaryl/α,β-unsaturated/α-hetero) is 1. The van der Waals surface area contributed by atoms with Gasteiger partial charge in [0, 0.05) is 12.1 Å². The number of carbonyl (C=O) groups is 1. The molecule has 0 saturated heterocycles. The van der Waals surface area contributed by atoms with Gasteiger partial charge in [-0.15, -0.1) is 16.4 Å². The minimum Gasteiger partial charge on any atom is -0.293 e. The second kappa shape index (κ2) is 6.80. The molecule has 0 unspecified atom stereocenters. The van der Waals surface area contributed by atoms with Crippen LogP contribution < -0.4 is 5.69 Å². The lowest BCUT2D eigenvalue weighted by molar-refractivity contribution is 0.102. The van der Waals surface area contributed by atoms with E-state index in [1.165, 1.54) is 16.3 Å². The van der Waals surface area contributed by atoms with Gasteiger partial charge in [-0.3, -0.25) is 9.36 Å². The fourth-order valence-electron chi connectivity index (χ4n) is 1.57. The van der Waals surface area contributed by atoms with Crippen LogP contribution in [-0.4, -0.2) is 26.3 Å². The second-order valence-electron chi connectivity index (χ2n) is 3.91. The van der Waals surface area contributed by atoms with Crippen LogP contribution in [0.2, 0.25) is 8.67 Å². The molecule has 0 spiro atoms. The minimum atomic E-state index is -0.265. The highest BCUT2D eigenvalue weighted by molar-refractivity contribution is 7.99. The third-order valence-corrected chi connectivity index (χ3v) is 4.92. The lowest BCUT2D eigenvalue weighted by Gasteiger charge is -2.02. The van der Waals surface area contributed by atoms with Crippen molar-refractivity contribution in [1.82, 2.24) is 14.8 Å². The molecule has 0 aliphatic heterocycles. The summed E-state index contributed by atoms with van der Waals surface area (Å²) in [6.07, 6.45) is 0.812. The Morgan fingerprint density at radius 2 is 2.30 bits per heavy atom. The number of thiophene rings is 1. The molecule has 0 bridgehead atoms. The number of hydrogen-bond donors (Lipinski definition) is 1. The number of carbonyl (C=O) groups excluding carboxylic acids is 1. The molecule has 5 nitrogen and oxygen atoms in total. The van der Waals surface area contributed by atoms with Crippen molar-refractivity contribution in [1.29, 1.82) is 0 Å². The van der Waals surface area contributed by atoms with Crippen molar-refractivity contribution in [3.8, 4) is 0 Å². The van der Waals surface area contributed by atoms with Gasteiger partial charge in [-0.05, 0) is 12.5 Å². The van der Waals surface area contributed by atoms with Crippen LogP contribution in [-0.2, 0) is 6.54 Å². The summed E-state index contributed by atoms with van der Waals surface area (Å²) in [5.41, 5.74) is 0.146. The number of nitrogens with zero attached hydrogens (tertiary/aromatic N) is 2. The molecular formula is C11H11Cl2N3O2S2. The Hall–Kier alpha value is -0.760. The molecule has 1 N–H and O–H groups in total. The van der Waals surface area contributed by atoms with Crippen LogP contribution in [0.4, 0.5) is 0 Å². The fraction of sp³-hybridized carbons (Fsp3) is 0.364. The van der Waals surface area contributed by atoms with Crippen LogP contribution in [0.25, 0.3) is 0 Å². The molecule has 0 saturated carbocycles. The molecule has 0 radical (unpaired) electrons. The molecule has 20 heavy (non-hydrogen) atoms. The molecule has 108 valence electrons. The van der Waals surface area contributed by atoms with E-state index in [4.69, 9.17) is 23.2 Å². The molecule has 2 rings (SSSR count). The Labute approximate surface area is 133 Å². The minimum absolute atomic E-state index is 0.137. The van der Waals surface area contributed by atoms with Gasteiger partial charge in [0.15, 0.2) is 10.9 Å². The number of rotatable bonds is 6. The van der Waals surface area contributed by atoms with Crippen LogP contribution in [0.5, 0.6) is 0 Å². The zero-order valence-electron chi connectivity index (χ0n) is 10.5. The summed E-state index contributed by atoms with van der Waals surface area (Å²) in [4.78, 5) is 23.6. The van der Waals surface area contributed by atoms with E-state index >= 15 is 0 Å². The van der Waals surface area contributed by atoms with Gasteiger partial charge in [-0.25, -0.2) is 9.89 Å². The standard InChI is InChI=1S/C11H11Cl2N3O2S2/c1-2-3-16-10(18)14-15-11(16)19-5-7(17)6-4-8(12)20-9(6)13/h4H,2-3,5H2,1H3,(H,14,18). The number of H-pyrrole nitrogens is 1. The maximum atomic E-state index is 12.0. The SMILES string of the molecule is CCCn1c(SCC(=O)c2cc(Cl)sc2Cl)n[nH]c1=O. The summed E-state index contributed by atoms with van der Waals surface area (Å²) in [5, 5.41) is 6.79. The molecule has 0 aliphatic carbocycles. The number of aromatic nitrogens is 3. The van der Waals surface area contributed by atoms with Gasteiger partial charge in [0.25, 0.3) is 0 Å². The number of thioether (sulfide) groups is 1. The summed E-state index contributed by atoms with van der Waals surface area (Å²) >= 11 is 14.1. The van der Waals surface area contributed by atoms with E-state index in [0.717, 1.165) is 17.8 Å². The topological polar surface area (TPSA) is 67.8 Å². The van der Waals surface area contributed by atoms with Gasteiger partial charge < -0.3 is 0 Å². The Morgan fingerprint density at radius 1 is 1.55 bits per heavy atom. The summed E-state index contributed by atoms with van der Waals surface area (Å²) in [6.45, 7) is 2.53. The van der Waals surface area contributed by atoms with Crippen molar-refractivity contribution in [2.75, 3.05) is 5.75 Å². The van der Waals surface area contributed by atoms with Gasteiger partial charge in [0.1, 0.15) is 4.34 Å². The van der Waals surface area contributed by atoms with E-state index in [9.17, 15) is 9.59 Å². The van der Waals surface area contributed by atoms with Gasteiger partial charge >= 0.3 is 5.69 Å². The summed E-state index contributed by atoms with van der Waals surface area (Å²) in [5.74, 6) is 0.0162. The first-order valence-corrected chi connectivity index (χ1v) is 8.34. The predicted molar refractivity (Wildman–Crippen MR) is 82.5 cm³/mol. The number of halogens is 2. The summed E-state index contributed by atoms with van der Waals surface area (Å²) in [7, 11) is 0. The number of aromatic amines is 1. The molecule has 0 aliphatic rings. The third-order valence-electron chi connectivity index (χ3n) is 2.46. The maximum Gasteiger partial charge on any atom is 0.343 e. The molecular weight excluding hydrogens is 341 g/mol. The van der Waals surface area contributed by atoms with Crippen LogP contribution >= 0.6 is 46.3 Å². The lowest BCUT2D eigenvalue weighted by atomic mass is 10.2. The smallest absolute Gasteiger partial charge is 0.293 e. The van der Waals surface area contributed by atoms with E-state index in [2.05, 4.69) is 10.2 Å². The first-order valence-electron chi connectivity index (χ1n) is 5.79. The average molecular weight is 352 g/mol. The van der Waals surface area contributed by atoms with E-state index in [1.807, 2.05) is 6.92 Å². The maximum absolute atomic E-state index is 12.0. The molecule has 0 fully saturated rings. The second-order valence-corrected chi connectivity index (χ2v) is 7.14. The van der Waals surface area contributed by atoms with Crippen LogP contribution in [0.1, 0.15) is 23.7 Å². The fourth-order valence-corrected chi connectivity index (χ4v) is 3.93. The largest absolute Gasteiger partial charge is 0.343 e. The van der Waals surface area contributed by atoms with Gasteiger partial charge in [0.05, 0.1) is 10.1 Å². The highest BCUT2D eigenvalue weighted by Crippen LogP contribution is 2.32. The molecule has 9 heteroatoms. The first kappa shape index (κ1) is 15.6. The average Bonchev–Trinajstić information content (AvgIpc) is 2.91. The third kappa shape index (κ3) is 3.46. The lowest BCUT2D eigenvalue weighted by Crippen LogP contribution is -2.17. The van der Waals surface area contributed by atoms with Crippen molar-refractivity contribution < 1.29 is 4.79 Å². The van der Waals surface area contributed by atoms with Crippen molar-refractivity contribution in [2.24, 2.45) is 0 Å². The normalized spacial score (nSPS) is 10.9. The quantitative estimate of drug-likeness (QED) is 0.640. The van der Waals surface area contributed by atoms with Crippen molar-refractivity contribution in [3.63, 3.8) is 0 Å². The van der Waals surface area contributed by atoms with E-state index < -0.39 is 0 Å². The number of ketones is 1. The van der Waals surface area contributed by atoms with Gasteiger partial charge in [-0.1, -0.05) is 41.9 Å². The molecule has 0 amide bonds. The van der Waals surface area contributed by atoms with Crippen molar-refractivity contribution in [3.05, 3.63) is 30.8 Å². The summed E-state index contributed by atoms with van der Waals surface area (Å²) < 4.78 is 2.37. The van der Waals surface area contributed by atoms with Crippen LogP contribution in [0, 0.1) is 0 Å². The molecule has 2 heterocycles. The van der Waals surface area contributed by atoms with Crippen molar-refractivity contribution >= 4 is 52.1 Å². The zero-order chi connectivity index (χ0) is 14.7. The zero-order valence-corrected chi connectivity index (χ0v) is 13.6. The van der Waals surface area contributed by atoms with E-state index in [0.29, 0.717) is 25.9 Å². The highest BCUT2D eigenvalue weighted by atomic mass is 35.5.